The number of thiophene rings is 3. The summed E-state index contributed by atoms with van der Waals surface area (Å²) < 4.78 is 1.18. The molecule has 0 saturated heterocycles. The lowest BCUT2D eigenvalue weighted by molar-refractivity contribution is 1.62. The fraction of sp³-hybridized carbons (Fsp3) is 0. The first-order chi connectivity index (χ1) is 13.8. The van der Waals surface area contributed by atoms with Crippen molar-refractivity contribution in [3.63, 3.8) is 0 Å². The van der Waals surface area contributed by atoms with E-state index in [0.29, 0.717) is 0 Å². The van der Waals surface area contributed by atoms with Gasteiger partial charge in [-0.2, -0.15) is 0 Å². The van der Waals surface area contributed by atoms with Gasteiger partial charge >= 0.3 is 0 Å². The molecule has 0 spiro atoms. The van der Waals surface area contributed by atoms with Crippen molar-refractivity contribution in [3.8, 4) is 41.1 Å². The third kappa shape index (κ3) is 3.65. The molecule has 5 rings (SSSR count). The summed E-state index contributed by atoms with van der Waals surface area (Å²) in [4.78, 5) is 6.61. The fourth-order valence-electron chi connectivity index (χ4n) is 3.13. The molecule has 3 heterocycles. The Morgan fingerprint density at radius 2 is 0.857 bits per heavy atom. The highest BCUT2D eigenvalue weighted by atomic mass is 79.9. The number of hydrogen-bond acceptors (Lipinski definition) is 3. The van der Waals surface area contributed by atoms with Crippen molar-refractivity contribution in [2.75, 3.05) is 0 Å². The van der Waals surface area contributed by atoms with Crippen LogP contribution in [0.25, 0.3) is 41.1 Å². The van der Waals surface area contributed by atoms with E-state index in [2.05, 4.69) is 107 Å². The fourth-order valence-corrected chi connectivity index (χ4v) is 6.72. The van der Waals surface area contributed by atoms with Crippen molar-refractivity contribution in [1.82, 2.24) is 0 Å². The van der Waals surface area contributed by atoms with E-state index >= 15 is 0 Å². The molecule has 2 aromatic carbocycles. The van der Waals surface area contributed by atoms with Crippen LogP contribution in [0.4, 0.5) is 0 Å². The zero-order chi connectivity index (χ0) is 18.9. The van der Waals surface area contributed by atoms with E-state index in [4.69, 9.17) is 0 Å². The average molecular weight is 479 g/mol. The summed E-state index contributed by atoms with van der Waals surface area (Å²) in [5.41, 5.74) is 3.79. The average Bonchev–Trinajstić information content (AvgIpc) is 3.49. The molecular weight excluding hydrogens is 464 g/mol. The molecule has 4 heteroatoms. The second-order valence-electron chi connectivity index (χ2n) is 6.37. The van der Waals surface area contributed by atoms with Crippen LogP contribution in [-0.2, 0) is 0 Å². The predicted molar refractivity (Wildman–Crippen MR) is 130 cm³/mol. The number of halogens is 1. The molecule has 0 saturated carbocycles. The maximum absolute atomic E-state index is 3.56. The second-order valence-corrected chi connectivity index (χ2v) is 11.0. The Balaban J connectivity index is 1.40. The Kier molecular flexibility index (Phi) is 5.03. The monoisotopic (exact) mass is 478 g/mol. The Hall–Kier alpha value is -1.98. The summed E-state index contributed by atoms with van der Waals surface area (Å²) in [6.07, 6.45) is 0. The van der Waals surface area contributed by atoms with Crippen molar-refractivity contribution in [1.29, 1.82) is 0 Å². The van der Waals surface area contributed by atoms with Gasteiger partial charge in [0.05, 0.1) is 3.79 Å². The van der Waals surface area contributed by atoms with Crippen LogP contribution in [0.3, 0.4) is 0 Å². The normalized spacial score (nSPS) is 11.0. The summed E-state index contributed by atoms with van der Waals surface area (Å²) in [5.74, 6) is 0. The lowest BCUT2D eigenvalue weighted by Gasteiger charge is -2.03. The lowest BCUT2D eigenvalue weighted by atomic mass is 10.0. The van der Waals surface area contributed by atoms with Crippen LogP contribution >= 0.6 is 49.9 Å². The zero-order valence-corrected chi connectivity index (χ0v) is 18.8. The zero-order valence-electron chi connectivity index (χ0n) is 14.8. The van der Waals surface area contributed by atoms with Crippen LogP contribution in [0, 0.1) is 0 Å². The molecule has 0 aliphatic rings. The van der Waals surface area contributed by atoms with Gasteiger partial charge in [-0.25, -0.2) is 0 Å². The first-order valence-corrected chi connectivity index (χ1v) is 12.1. The number of rotatable bonds is 4. The summed E-state index contributed by atoms with van der Waals surface area (Å²) >= 11 is 9.06. The van der Waals surface area contributed by atoms with Gasteiger partial charge in [-0.1, -0.05) is 54.6 Å². The molecule has 0 radical (unpaired) electrons. The van der Waals surface area contributed by atoms with Gasteiger partial charge in [-0.3, -0.25) is 0 Å². The van der Waals surface area contributed by atoms with Crippen molar-refractivity contribution in [2.24, 2.45) is 0 Å². The minimum Gasteiger partial charge on any atom is -0.134 e. The molecule has 5 aromatic rings. The van der Waals surface area contributed by atoms with E-state index < -0.39 is 0 Å². The van der Waals surface area contributed by atoms with E-state index in [1.807, 2.05) is 22.7 Å². The largest absolute Gasteiger partial charge is 0.134 e. The highest BCUT2D eigenvalue weighted by Gasteiger charge is 2.10. The summed E-state index contributed by atoms with van der Waals surface area (Å²) in [6, 6.07) is 32.6. The number of hydrogen-bond donors (Lipinski definition) is 0. The van der Waals surface area contributed by atoms with Gasteiger partial charge in [0.1, 0.15) is 0 Å². The van der Waals surface area contributed by atoms with Gasteiger partial charge in [-0.15, -0.1) is 34.0 Å². The van der Waals surface area contributed by atoms with E-state index in [1.54, 1.807) is 11.3 Å². The van der Waals surface area contributed by atoms with Gasteiger partial charge in [-0.05, 0) is 69.0 Å². The minimum absolute atomic E-state index is 1.18. The maximum Gasteiger partial charge on any atom is 0.0705 e. The van der Waals surface area contributed by atoms with Crippen LogP contribution < -0.4 is 0 Å². The van der Waals surface area contributed by atoms with Crippen molar-refractivity contribution in [3.05, 3.63) is 94.8 Å². The Morgan fingerprint density at radius 3 is 1.46 bits per heavy atom. The predicted octanol–water partition coefficient (Wildman–Crippen LogP) is 9.30. The topological polar surface area (TPSA) is 0 Å². The standard InChI is InChI=1S/C24H15BrS3/c25-24-15-14-23(28-24)22-13-12-21(27-22)20-11-10-19(26-20)18-8-6-17(7-9-18)16-4-2-1-3-5-16/h1-15H. The molecule has 0 bridgehead atoms. The van der Waals surface area contributed by atoms with Gasteiger partial charge in [0.2, 0.25) is 0 Å². The first kappa shape index (κ1) is 18.1. The van der Waals surface area contributed by atoms with Crippen LogP contribution in [0.5, 0.6) is 0 Å². The van der Waals surface area contributed by atoms with Gasteiger partial charge < -0.3 is 0 Å². The van der Waals surface area contributed by atoms with Crippen molar-refractivity contribution in [2.45, 2.75) is 0 Å². The molecule has 0 aliphatic carbocycles. The second kappa shape index (κ2) is 7.80. The Morgan fingerprint density at radius 1 is 0.393 bits per heavy atom. The van der Waals surface area contributed by atoms with Crippen molar-refractivity contribution >= 4 is 49.9 Å². The van der Waals surface area contributed by atoms with E-state index in [9.17, 15) is 0 Å². The molecule has 0 atom stereocenters. The van der Waals surface area contributed by atoms with E-state index in [0.717, 1.165) is 0 Å². The molecule has 0 nitrogen and oxygen atoms in total. The third-order valence-electron chi connectivity index (χ3n) is 4.55. The Bertz CT molecular complexity index is 1210. The van der Waals surface area contributed by atoms with Gasteiger partial charge in [0, 0.05) is 24.4 Å². The highest BCUT2D eigenvalue weighted by Crippen LogP contribution is 2.42. The van der Waals surface area contributed by atoms with E-state index in [-0.39, 0.29) is 0 Å². The Labute approximate surface area is 184 Å². The molecule has 0 fully saturated rings. The molecule has 136 valence electrons. The van der Waals surface area contributed by atoms with Crippen LogP contribution in [0.2, 0.25) is 0 Å². The summed E-state index contributed by atoms with van der Waals surface area (Å²) in [7, 11) is 0. The van der Waals surface area contributed by atoms with E-state index in [1.165, 1.54) is 44.9 Å². The molecular formula is C24H15BrS3. The summed E-state index contributed by atoms with van der Waals surface area (Å²) in [5, 5.41) is 0. The van der Waals surface area contributed by atoms with Crippen LogP contribution in [-0.4, -0.2) is 0 Å². The van der Waals surface area contributed by atoms with Gasteiger partial charge in [0.15, 0.2) is 0 Å². The highest BCUT2D eigenvalue weighted by molar-refractivity contribution is 9.11. The smallest absolute Gasteiger partial charge is 0.0705 e. The number of benzene rings is 2. The molecule has 0 unspecified atom stereocenters. The van der Waals surface area contributed by atoms with Crippen molar-refractivity contribution < 1.29 is 0 Å². The first-order valence-electron chi connectivity index (χ1n) is 8.88. The lowest BCUT2D eigenvalue weighted by Crippen LogP contribution is -1.77. The summed E-state index contributed by atoms with van der Waals surface area (Å²) in [6.45, 7) is 0. The molecule has 0 amide bonds. The van der Waals surface area contributed by atoms with Crippen LogP contribution in [0.1, 0.15) is 0 Å². The minimum atomic E-state index is 1.18. The third-order valence-corrected chi connectivity index (χ3v) is 8.78. The molecule has 28 heavy (non-hydrogen) atoms. The van der Waals surface area contributed by atoms with Crippen LogP contribution in [0.15, 0.2) is 94.8 Å². The molecule has 0 N–H and O–H groups in total. The molecule has 0 aliphatic heterocycles. The SMILES string of the molecule is Brc1ccc(-c2ccc(-c3ccc(-c4ccc(-c5ccccc5)cc4)s3)s2)s1. The molecule has 3 aromatic heterocycles. The maximum atomic E-state index is 3.56. The van der Waals surface area contributed by atoms with Gasteiger partial charge in [0.25, 0.3) is 0 Å². The quantitative estimate of drug-likeness (QED) is 0.241.